The molecule has 1 aromatic carbocycles. The molecule has 0 heterocycles. The monoisotopic (exact) mass is 2080 g/mol. The van der Waals surface area contributed by atoms with Crippen LogP contribution in [0.15, 0.2) is 61.4 Å². The summed E-state index contributed by atoms with van der Waals surface area (Å²) < 4.78 is 21.4. The van der Waals surface area contributed by atoms with E-state index in [4.69, 9.17) is 38.7 Å². The van der Waals surface area contributed by atoms with Crippen LogP contribution in [0.25, 0.3) is 0 Å². The van der Waals surface area contributed by atoms with Crippen molar-refractivity contribution in [2.75, 3.05) is 52.4 Å². The third-order valence-corrected chi connectivity index (χ3v) is 16.5. The van der Waals surface area contributed by atoms with Crippen LogP contribution < -0.4 is 31.5 Å². The third-order valence-electron chi connectivity index (χ3n) is 16.5. The highest BCUT2D eigenvalue weighted by Gasteiger charge is 2.18. The fourth-order valence-corrected chi connectivity index (χ4v) is 6.86. The van der Waals surface area contributed by atoms with Crippen molar-refractivity contribution >= 4 is 55.4 Å². The Morgan fingerprint density at radius 3 is 0.836 bits per heavy atom. The predicted octanol–water partition coefficient (Wildman–Crippen LogP) is 38.0. The van der Waals surface area contributed by atoms with Crippen molar-refractivity contribution in [3.05, 3.63) is 42.0 Å². The highest BCUT2D eigenvalue weighted by molar-refractivity contribution is 5.74. The van der Waals surface area contributed by atoms with Crippen LogP contribution in [0.5, 0.6) is 5.75 Å². The van der Waals surface area contributed by atoms with E-state index >= 15 is 0 Å². The maximum absolute atomic E-state index is 11.1. The van der Waals surface area contributed by atoms with Crippen LogP contribution in [0.2, 0.25) is 0 Å². The zero-order chi connectivity index (χ0) is 121. The zero-order valence-corrected chi connectivity index (χ0v) is 112. The van der Waals surface area contributed by atoms with Crippen LogP contribution >= 0.6 is 0 Å². The Hall–Kier alpha value is -5.75. The van der Waals surface area contributed by atoms with Crippen LogP contribution in [0, 0.1) is 59.6 Å². The van der Waals surface area contributed by atoms with Crippen molar-refractivity contribution in [3.8, 4) is 5.75 Å². The lowest BCUT2D eigenvalue weighted by Gasteiger charge is -2.22. The predicted molar refractivity (Wildman–Crippen MR) is 663 cm³/mol. The Balaban J connectivity index is -0.0000000746. The molecule has 1 aromatic rings. The molecule has 0 atom stereocenters. The number of nitrogens with zero attached hydrogens (tertiary/aromatic N) is 5. The first-order chi connectivity index (χ1) is 65.0. The maximum atomic E-state index is 11.1. The maximum Gasteiger partial charge on any atom is 0.373 e. The Kier molecular flexibility index (Phi) is 129. The number of hydrogen-bond donors (Lipinski definition) is 6. The molecular formula is C126H269N11O9. The number of aliphatic imine (C=N–C) groups is 5. The molecule has 0 aromatic heterocycles. The van der Waals surface area contributed by atoms with E-state index in [0.29, 0.717) is 72.2 Å². The SMILES string of the molecule is CC(C)OC(C)(C)C.CC=CC(C)(C)C.CC=NCC(C)(C)C.CC=NCC(C)(C)C.CC=NCC(C)(C)C.CC=NCC(C)(C)C.CCC(C)(C)C.CCC(C)(C)C.CCC(C)(C)C.CCC(C)(C)C.CCC(C)(C)C.CCCC(=O)OC(C)(C)C.CCCCN=CNNC(C)(C)C.CCCCNC(=O)NC(C)(C)C.CCCCNC(C)(C)C.CCOC(C)(C)C.CCc1ccc(OC(C)(C)C)cc1.N=C=O.O=C=O. The van der Waals surface area contributed by atoms with Gasteiger partial charge in [-0.15, -0.1) is 0 Å². The van der Waals surface area contributed by atoms with Gasteiger partial charge in [0.2, 0.25) is 6.08 Å². The molecule has 0 saturated heterocycles. The fourth-order valence-electron chi connectivity index (χ4n) is 6.86. The average Bonchev–Trinajstić information content (AvgIpc) is 0.886. The van der Waals surface area contributed by atoms with Gasteiger partial charge in [-0.2, -0.15) is 9.59 Å². The standard InChI is InChI=1S/C12H18O.C9H21N3.C9H20N2O.C8H19N.C8H16O2.4C7H15N.C7H16O.C7H14.C6H14O.5C6H14.CHNO.CO2/c1-5-10-6-8-11(9-7-10)13-12(2,3)4;1-5-6-7-10-8-11-12-9(2,3)4;1-5-6-7-10-8(12)11-9(2,3)4;1-5-6-7-9-8(2,3)4;1-5-6-7(9)10-8(2,3)4;4*1-5-8-6-7(2,3)4;1-6(2)8-7(3,4)5;1-5-6-7(2,3)4;1-5-7-6(2,3)4;5*1-5-6(2,3)4;2*2-1-3/h6-9H,5H2,1-4H3;8,12H,5-7H2,1-4H3,(H,10,11);5-7H2,1-4H3,(H2,10,11,12);9H,5-7H2,1-4H3;5-6H2,1-4H3;4*5H,6H2,1-4H3;6H,1-5H3;5-6H,1-4H3;5H2,1-4H3;5*5H2,1-4H3;2H;. The molecule has 2 amide bonds. The molecule has 0 saturated carbocycles. The van der Waals surface area contributed by atoms with Gasteiger partial charge in [-0.1, -0.05) is 353 Å². The number of carbonyl (C=O) groups is 2. The van der Waals surface area contributed by atoms with Gasteiger partial charge in [-0.25, -0.2) is 20.4 Å². The summed E-state index contributed by atoms with van der Waals surface area (Å²) in [5.74, 6) is 0.847. The number of amides is 2. The van der Waals surface area contributed by atoms with E-state index in [9.17, 15) is 9.59 Å². The van der Waals surface area contributed by atoms with E-state index in [2.05, 4.69) is 450 Å². The minimum atomic E-state index is -0.327. The molecule has 0 aliphatic carbocycles. The van der Waals surface area contributed by atoms with E-state index in [1.807, 2.05) is 141 Å². The number of hydrazine groups is 1. The number of aryl methyl sites for hydroxylation is 1. The quantitative estimate of drug-likeness (QED) is 0.0128. The van der Waals surface area contributed by atoms with Gasteiger partial charge in [0.25, 0.3) is 0 Å². The Morgan fingerprint density at radius 1 is 0.384 bits per heavy atom. The highest BCUT2D eigenvalue weighted by atomic mass is 16.6. The fraction of sp³-hybridized carbons (Fsp3) is 0.865. The van der Waals surface area contributed by atoms with Gasteiger partial charge in [0.05, 0.1) is 23.6 Å². The first-order valence-electron chi connectivity index (χ1n) is 55.5. The van der Waals surface area contributed by atoms with Crippen LogP contribution in [0.4, 0.5) is 4.79 Å². The molecule has 20 heteroatoms. The lowest BCUT2D eigenvalue weighted by atomic mass is 9.94. The summed E-state index contributed by atoms with van der Waals surface area (Å²) >= 11 is 0. The van der Waals surface area contributed by atoms with Gasteiger partial charge in [-0.3, -0.25) is 29.8 Å². The second-order valence-corrected chi connectivity index (χ2v) is 55.1. The molecule has 6 N–H and O–H groups in total. The smallest absolute Gasteiger partial charge is 0.373 e. The number of carbonyl (C=O) groups excluding carboxylic acids is 5. The number of hydrogen-bond acceptors (Lipinski definition) is 17. The average molecular weight is 2080 g/mol. The van der Waals surface area contributed by atoms with E-state index in [-0.39, 0.29) is 51.6 Å². The van der Waals surface area contributed by atoms with E-state index in [1.165, 1.54) is 56.9 Å². The Bertz CT molecular complexity index is 2940. The second kappa shape index (κ2) is 104. The normalized spacial score (nSPS) is 11.8. The number of allylic oxidation sites excluding steroid dienone is 2. The van der Waals surface area contributed by atoms with Crippen molar-refractivity contribution in [1.82, 2.24) is 26.8 Å². The minimum Gasteiger partial charge on any atom is -0.488 e. The third kappa shape index (κ3) is 306. The zero-order valence-electron chi connectivity index (χ0n) is 112. The van der Waals surface area contributed by atoms with Gasteiger partial charge in [0.15, 0.2) is 0 Å². The second-order valence-electron chi connectivity index (χ2n) is 55.1. The van der Waals surface area contributed by atoms with Gasteiger partial charge >= 0.3 is 18.2 Å². The lowest BCUT2D eigenvalue weighted by molar-refractivity contribution is -0.191. The molecule has 0 aliphatic heterocycles. The molecule has 0 unspecified atom stereocenters. The molecule has 0 fully saturated rings. The number of nitrogens with one attached hydrogen (secondary N) is 6. The minimum absolute atomic E-state index is 0.0220. The molecular weight excluding hydrogens is 1810 g/mol. The summed E-state index contributed by atoms with van der Waals surface area (Å²) in [5, 5.41) is 14.4. The van der Waals surface area contributed by atoms with Crippen molar-refractivity contribution in [2.24, 2.45) is 79.1 Å². The van der Waals surface area contributed by atoms with Gasteiger partial charge < -0.3 is 40.3 Å². The summed E-state index contributed by atoms with van der Waals surface area (Å²) in [4.78, 5) is 67.2. The molecule has 146 heavy (non-hydrogen) atoms. The molecule has 0 aliphatic rings. The van der Waals surface area contributed by atoms with Crippen LogP contribution in [-0.4, -0.2) is 153 Å². The molecule has 882 valence electrons. The number of rotatable bonds is 21. The number of ether oxygens (including phenoxy) is 4. The summed E-state index contributed by atoms with van der Waals surface area (Å²) in [5.41, 5.74) is 11.8. The van der Waals surface area contributed by atoms with Crippen molar-refractivity contribution in [2.45, 2.75) is 613 Å². The number of urea groups is 1. The first-order valence-corrected chi connectivity index (χ1v) is 55.5. The number of isocyanates is 1. The Morgan fingerprint density at radius 2 is 0.678 bits per heavy atom. The summed E-state index contributed by atoms with van der Waals surface area (Å²) in [6.07, 6.45) is 30.6. The van der Waals surface area contributed by atoms with E-state index in [1.54, 1.807) is 6.34 Å². The van der Waals surface area contributed by atoms with Crippen LogP contribution in [0.1, 0.15) is 567 Å². The van der Waals surface area contributed by atoms with E-state index < -0.39 is 0 Å². The van der Waals surface area contributed by atoms with Crippen LogP contribution in [0.3, 0.4) is 0 Å². The van der Waals surface area contributed by atoms with Gasteiger partial charge in [0, 0.05) is 68.9 Å². The topological polar surface area (TPSA) is 268 Å². The first kappa shape index (κ1) is 182. The summed E-state index contributed by atoms with van der Waals surface area (Å²) in [6, 6.07) is 8.21. The molecule has 0 radical (unpaired) electrons. The largest absolute Gasteiger partial charge is 0.488 e. The molecule has 20 nitrogen and oxygen atoms in total. The molecule has 1 rings (SSSR count). The van der Waals surface area contributed by atoms with Crippen molar-refractivity contribution in [1.29, 1.82) is 5.41 Å². The summed E-state index contributed by atoms with van der Waals surface area (Å²) in [7, 11) is 0. The lowest BCUT2D eigenvalue weighted by Crippen LogP contribution is -2.46. The van der Waals surface area contributed by atoms with Gasteiger partial charge in [-0.05, 0) is 336 Å². The Labute approximate surface area is 917 Å². The molecule has 0 bridgehead atoms. The summed E-state index contributed by atoms with van der Waals surface area (Å²) in [6.45, 7) is 154. The molecule has 0 spiro atoms. The number of esters is 1. The highest BCUT2D eigenvalue weighted by Crippen LogP contribution is 2.23. The van der Waals surface area contributed by atoms with Crippen molar-refractivity contribution < 1.29 is 42.9 Å². The number of unbranched alkanes of at least 4 members (excludes halogenated alkanes) is 3. The van der Waals surface area contributed by atoms with Crippen molar-refractivity contribution in [3.63, 3.8) is 0 Å². The van der Waals surface area contributed by atoms with Gasteiger partial charge in [0.1, 0.15) is 17.0 Å². The van der Waals surface area contributed by atoms with Crippen LogP contribution in [-0.2, 0) is 39.8 Å². The van der Waals surface area contributed by atoms with E-state index in [0.717, 1.165) is 96.4 Å². The number of benzene rings is 1.